The molecule has 0 bridgehead atoms. The van der Waals surface area contributed by atoms with Gasteiger partial charge < -0.3 is 5.73 Å². The lowest BCUT2D eigenvalue weighted by Crippen LogP contribution is -2.15. The van der Waals surface area contributed by atoms with E-state index in [-0.39, 0.29) is 6.04 Å². The first-order chi connectivity index (χ1) is 8.60. The lowest BCUT2D eigenvalue weighted by atomic mass is 10.0. The molecule has 0 aliphatic rings. The monoisotopic (exact) mass is 308 g/mol. The van der Waals surface area contributed by atoms with Gasteiger partial charge in [0, 0.05) is 47.6 Å². The Morgan fingerprint density at radius 3 is 2.83 bits per heavy atom. The molecule has 0 saturated carbocycles. The van der Waals surface area contributed by atoms with Crippen LogP contribution in [0.5, 0.6) is 0 Å². The number of pyridine rings is 1. The Labute approximate surface area is 115 Å². The Bertz CT molecular complexity index is 518. The maximum atomic E-state index is 6.25. The molecule has 5 heteroatoms. The zero-order chi connectivity index (χ0) is 13.1. The Kier molecular flexibility index (Phi) is 4.14. The van der Waals surface area contributed by atoms with Gasteiger partial charge >= 0.3 is 0 Å². The minimum absolute atomic E-state index is 0.0534. The second-order valence-corrected chi connectivity index (χ2v) is 5.25. The first kappa shape index (κ1) is 13.2. The highest BCUT2D eigenvalue weighted by molar-refractivity contribution is 9.10. The van der Waals surface area contributed by atoms with Gasteiger partial charge in [0.05, 0.1) is 5.69 Å². The second kappa shape index (κ2) is 5.63. The molecule has 1 unspecified atom stereocenters. The number of hydrogen-bond acceptors (Lipinski definition) is 3. The van der Waals surface area contributed by atoms with Crippen molar-refractivity contribution in [3.8, 4) is 0 Å². The quantitative estimate of drug-likeness (QED) is 0.943. The average Bonchev–Trinajstić information content (AvgIpc) is 2.73. The molecule has 0 amide bonds. The third-order valence-electron chi connectivity index (χ3n) is 2.89. The molecule has 4 nitrogen and oxygen atoms in total. The van der Waals surface area contributed by atoms with E-state index in [4.69, 9.17) is 5.73 Å². The minimum Gasteiger partial charge on any atom is -0.324 e. The molecule has 0 saturated heterocycles. The summed E-state index contributed by atoms with van der Waals surface area (Å²) in [6.45, 7) is 2.09. The molecule has 2 aromatic heterocycles. The molecule has 1 atom stereocenters. The molecule has 0 aromatic carbocycles. The van der Waals surface area contributed by atoms with Gasteiger partial charge in [0.1, 0.15) is 0 Å². The minimum atomic E-state index is -0.0534. The van der Waals surface area contributed by atoms with Crippen LogP contribution in [0.25, 0.3) is 0 Å². The standard InChI is InChI=1S/C13H17BrN4/c1-3-13-11(8-18(2)17-13)12(15)6-10-5-4-9(14)7-16-10/h4-5,7-8,12H,3,6,15H2,1-2H3. The molecule has 2 heterocycles. The van der Waals surface area contributed by atoms with E-state index in [0.717, 1.165) is 34.3 Å². The summed E-state index contributed by atoms with van der Waals surface area (Å²) in [6.07, 6.45) is 5.43. The first-order valence-corrected chi connectivity index (χ1v) is 6.78. The fourth-order valence-corrected chi connectivity index (χ4v) is 2.23. The van der Waals surface area contributed by atoms with Gasteiger partial charge in [-0.25, -0.2) is 0 Å². The fraction of sp³-hybridized carbons (Fsp3) is 0.385. The van der Waals surface area contributed by atoms with Crippen LogP contribution in [0, 0.1) is 0 Å². The van der Waals surface area contributed by atoms with Crippen molar-refractivity contribution in [2.45, 2.75) is 25.8 Å². The van der Waals surface area contributed by atoms with Gasteiger partial charge in [-0.15, -0.1) is 0 Å². The number of halogens is 1. The van der Waals surface area contributed by atoms with Gasteiger partial charge in [0.25, 0.3) is 0 Å². The van der Waals surface area contributed by atoms with Crippen LogP contribution in [0.4, 0.5) is 0 Å². The predicted octanol–water partition coefficient (Wildman–Crippen LogP) is 2.38. The van der Waals surface area contributed by atoms with E-state index >= 15 is 0 Å². The van der Waals surface area contributed by atoms with Crippen LogP contribution >= 0.6 is 15.9 Å². The van der Waals surface area contributed by atoms with Gasteiger partial charge in [0.15, 0.2) is 0 Å². The van der Waals surface area contributed by atoms with E-state index in [1.54, 1.807) is 6.20 Å². The summed E-state index contributed by atoms with van der Waals surface area (Å²) in [5.41, 5.74) is 9.43. The van der Waals surface area contributed by atoms with E-state index < -0.39 is 0 Å². The Morgan fingerprint density at radius 1 is 1.44 bits per heavy atom. The molecule has 0 aliphatic heterocycles. The molecule has 18 heavy (non-hydrogen) atoms. The lowest BCUT2D eigenvalue weighted by Gasteiger charge is -2.10. The van der Waals surface area contributed by atoms with Crippen LogP contribution in [0.2, 0.25) is 0 Å². The summed E-state index contributed by atoms with van der Waals surface area (Å²) >= 11 is 3.38. The third-order valence-corrected chi connectivity index (χ3v) is 3.36. The van der Waals surface area contributed by atoms with Crippen LogP contribution in [0.15, 0.2) is 29.0 Å². The number of hydrogen-bond donors (Lipinski definition) is 1. The number of nitrogens with two attached hydrogens (primary N) is 1. The summed E-state index contributed by atoms with van der Waals surface area (Å²) in [6, 6.07) is 3.92. The molecule has 0 spiro atoms. The van der Waals surface area contributed by atoms with Crippen molar-refractivity contribution in [3.63, 3.8) is 0 Å². The molecular weight excluding hydrogens is 292 g/mol. The number of rotatable bonds is 4. The van der Waals surface area contributed by atoms with E-state index in [9.17, 15) is 0 Å². The van der Waals surface area contributed by atoms with Crippen LogP contribution < -0.4 is 5.73 Å². The van der Waals surface area contributed by atoms with Gasteiger partial charge in [-0.2, -0.15) is 5.10 Å². The Morgan fingerprint density at radius 2 is 2.22 bits per heavy atom. The highest BCUT2D eigenvalue weighted by Crippen LogP contribution is 2.19. The molecule has 2 aromatic rings. The summed E-state index contributed by atoms with van der Waals surface area (Å²) in [4.78, 5) is 4.35. The topological polar surface area (TPSA) is 56.7 Å². The zero-order valence-corrected chi connectivity index (χ0v) is 12.2. The van der Waals surface area contributed by atoms with Crippen molar-refractivity contribution in [2.24, 2.45) is 12.8 Å². The van der Waals surface area contributed by atoms with Crippen molar-refractivity contribution < 1.29 is 0 Å². The third kappa shape index (κ3) is 2.97. The van der Waals surface area contributed by atoms with Gasteiger partial charge in [-0.3, -0.25) is 9.67 Å². The average molecular weight is 309 g/mol. The van der Waals surface area contributed by atoms with Crippen molar-refractivity contribution in [1.29, 1.82) is 0 Å². The number of aryl methyl sites for hydroxylation is 2. The summed E-state index contributed by atoms with van der Waals surface area (Å²) in [5, 5.41) is 4.41. The molecule has 2 rings (SSSR count). The van der Waals surface area contributed by atoms with Crippen LogP contribution in [0.1, 0.15) is 29.9 Å². The van der Waals surface area contributed by atoms with Gasteiger partial charge in [0.2, 0.25) is 0 Å². The molecule has 0 aliphatic carbocycles. The maximum Gasteiger partial charge on any atom is 0.0669 e. The zero-order valence-electron chi connectivity index (χ0n) is 10.6. The highest BCUT2D eigenvalue weighted by Gasteiger charge is 2.14. The van der Waals surface area contributed by atoms with Crippen molar-refractivity contribution >= 4 is 15.9 Å². The van der Waals surface area contributed by atoms with E-state index in [0.29, 0.717) is 0 Å². The molecule has 2 N–H and O–H groups in total. The highest BCUT2D eigenvalue weighted by atomic mass is 79.9. The van der Waals surface area contributed by atoms with Gasteiger partial charge in [-0.1, -0.05) is 6.92 Å². The number of aromatic nitrogens is 3. The molecule has 96 valence electrons. The Balaban J connectivity index is 2.16. The molecule has 0 radical (unpaired) electrons. The second-order valence-electron chi connectivity index (χ2n) is 4.34. The van der Waals surface area contributed by atoms with E-state index in [1.807, 2.05) is 30.1 Å². The smallest absolute Gasteiger partial charge is 0.0669 e. The lowest BCUT2D eigenvalue weighted by molar-refractivity contribution is 0.697. The van der Waals surface area contributed by atoms with Crippen LogP contribution in [-0.4, -0.2) is 14.8 Å². The largest absolute Gasteiger partial charge is 0.324 e. The molecular formula is C13H17BrN4. The first-order valence-electron chi connectivity index (χ1n) is 5.98. The van der Waals surface area contributed by atoms with Crippen molar-refractivity contribution in [1.82, 2.24) is 14.8 Å². The molecule has 0 fully saturated rings. The summed E-state index contributed by atoms with van der Waals surface area (Å²) in [5.74, 6) is 0. The van der Waals surface area contributed by atoms with E-state index in [1.165, 1.54) is 0 Å². The maximum absolute atomic E-state index is 6.25. The summed E-state index contributed by atoms with van der Waals surface area (Å²) < 4.78 is 2.80. The fourth-order valence-electron chi connectivity index (χ4n) is 2.00. The van der Waals surface area contributed by atoms with Gasteiger partial charge in [-0.05, 0) is 34.5 Å². The Hall–Kier alpha value is -1.20. The normalized spacial score (nSPS) is 12.7. The number of nitrogens with zero attached hydrogens (tertiary/aromatic N) is 3. The van der Waals surface area contributed by atoms with E-state index in [2.05, 4.69) is 32.9 Å². The summed E-state index contributed by atoms with van der Waals surface area (Å²) in [7, 11) is 1.92. The predicted molar refractivity (Wildman–Crippen MR) is 75.2 cm³/mol. The van der Waals surface area contributed by atoms with Crippen molar-refractivity contribution in [3.05, 3.63) is 46.0 Å². The van der Waals surface area contributed by atoms with Crippen LogP contribution in [0.3, 0.4) is 0 Å². The van der Waals surface area contributed by atoms with Crippen molar-refractivity contribution in [2.75, 3.05) is 0 Å². The SMILES string of the molecule is CCc1nn(C)cc1C(N)Cc1ccc(Br)cn1. The van der Waals surface area contributed by atoms with Crippen LogP contribution in [-0.2, 0) is 19.9 Å².